The number of hydrogen-bond acceptors (Lipinski definition) is 8. The van der Waals surface area contributed by atoms with Crippen LogP contribution in [0.3, 0.4) is 0 Å². The van der Waals surface area contributed by atoms with Crippen LogP contribution in [0.15, 0.2) is 66.7 Å². The molecular formula is C27H26NNaO6S. The van der Waals surface area contributed by atoms with Gasteiger partial charge in [0.25, 0.3) is 0 Å². The maximum absolute atomic E-state index is 11.9. The monoisotopic (exact) mass is 515 g/mol. The molecule has 4 rings (SSSR count). The molecule has 0 amide bonds. The van der Waals surface area contributed by atoms with Crippen molar-refractivity contribution in [3.63, 3.8) is 0 Å². The first-order valence-electron chi connectivity index (χ1n) is 11.0. The van der Waals surface area contributed by atoms with Crippen molar-refractivity contribution < 1.29 is 58.4 Å². The van der Waals surface area contributed by atoms with Crippen molar-refractivity contribution in [1.29, 1.82) is 0 Å². The summed E-state index contributed by atoms with van der Waals surface area (Å²) in [6, 6.07) is 19.6. The molecule has 1 unspecified atom stereocenters. The number of carboxylic acids is 1. The van der Waals surface area contributed by atoms with Crippen LogP contribution in [0.4, 0.5) is 0 Å². The summed E-state index contributed by atoms with van der Waals surface area (Å²) in [6.45, 7) is 0.279. The first-order valence-corrected chi connectivity index (χ1v) is 11.8. The number of fused-ring (bicyclic) bond motifs is 1. The summed E-state index contributed by atoms with van der Waals surface area (Å²) < 4.78 is 23.4. The van der Waals surface area contributed by atoms with E-state index in [2.05, 4.69) is 5.32 Å². The molecule has 3 aromatic carbocycles. The zero-order valence-electron chi connectivity index (χ0n) is 20.7. The van der Waals surface area contributed by atoms with Gasteiger partial charge in [-0.3, -0.25) is 0 Å². The van der Waals surface area contributed by atoms with Crippen molar-refractivity contribution in [2.75, 3.05) is 21.3 Å². The van der Waals surface area contributed by atoms with E-state index in [1.54, 1.807) is 21.3 Å². The van der Waals surface area contributed by atoms with Crippen LogP contribution < -0.4 is 58.9 Å². The molecule has 7 nitrogen and oxygen atoms in total. The van der Waals surface area contributed by atoms with E-state index in [0.717, 1.165) is 26.3 Å². The van der Waals surface area contributed by atoms with Crippen LogP contribution in [0.1, 0.15) is 10.4 Å². The van der Waals surface area contributed by atoms with Gasteiger partial charge >= 0.3 is 29.6 Å². The van der Waals surface area contributed by atoms with E-state index in [0.29, 0.717) is 29.4 Å². The molecule has 182 valence electrons. The minimum absolute atomic E-state index is 0. The first-order chi connectivity index (χ1) is 17.0. The Morgan fingerprint density at radius 3 is 2.17 bits per heavy atom. The topological polar surface area (TPSA) is 89.1 Å². The van der Waals surface area contributed by atoms with Gasteiger partial charge in [0.1, 0.15) is 11.5 Å². The molecular weight excluding hydrogens is 489 g/mol. The molecule has 0 aliphatic rings. The molecule has 0 saturated heterocycles. The Morgan fingerprint density at radius 2 is 1.56 bits per heavy atom. The van der Waals surface area contributed by atoms with Crippen LogP contribution in [-0.4, -0.2) is 33.3 Å². The number of carboxylic acid groups (broad SMARTS) is 1. The molecule has 0 bridgehead atoms. The van der Waals surface area contributed by atoms with Crippen molar-refractivity contribution in [3.05, 3.63) is 77.2 Å². The Morgan fingerprint density at radius 1 is 0.917 bits per heavy atom. The van der Waals surface area contributed by atoms with Crippen LogP contribution in [0, 0.1) is 0 Å². The van der Waals surface area contributed by atoms with Crippen LogP contribution in [0.2, 0.25) is 0 Å². The molecule has 1 N–H and O–H groups in total. The summed E-state index contributed by atoms with van der Waals surface area (Å²) in [5.74, 6) is 2.00. The summed E-state index contributed by atoms with van der Waals surface area (Å²) in [7, 11) is 4.77. The van der Waals surface area contributed by atoms with Gasteiger partial charge in [-0.25, -0.2) is 0 Å². The maximum atomic E-state index is 11.9. The van der Waals surface area contributed by atoms with E-state index in [9.17, 15) is 9.90 Å². The summed E-state index contributed by atoms with van der Waals surface area (Å²) in [5, 5.41) is 15.8. The second-order valence-corrected chi connectivity index (χ2v) is 8.91. The molecule has 4 aromatic rings. The van der Waals surface area contributed by atoms with Gasteiger partial charge in [0, 0.05) is 22.7 Å². The zero-order valence-corrected chi connectivity index (χ0v) is 23.5. The predicted octanol–water partition coefficient (Wildman–Crippen LogP) is 1.17. The molecule has 0 saturated carbocycles. The number of hydrogen-bond donors (Lipinski definition) is 1. The molecule has 0 radical (unpaired) electrons. The van der Waals surface area contributed by atoms with E-state index in [1.165, 1.54) is 11.3 Å². The molecule has 9 heteroatoms. The van der Waals surface area contributed by atoms with E-state index in [4.69, 9.17) is 18.9 Å². The number of rotatable bonds is 11. The van der Waals surface area contributed by atoms with Crippen molar-refractivity contribution in [3.8, 4) is 28.7 Å². The Labute approximate surface area is 236 Å². The number of methoxy groups -OCH3 is 3. The summed E-state index contributed by atoms with van der Waals surface area (Å²) in [6.07, 6.45) is 0.310. The van der Waals surface area contributed by atoms with Gasteiger partial charge < -0.3 is 34.2 Å². The second-order valence-electron chi connectivity index (χ2n) is 7.78. The Bertz CT molecular complexity index is 1290. The molecule has 36 heavy (non-hydrogen) atoms. The number of ether oxygens (including phenoxy) is 4. The van der Waals surface area contributed by atoms with Gasteiger partial charge in [0.05, 0.1) is 38.2 Å². The Kier molecular flexibility index (Phi) is 10.0. The maximum Gasteiger partial charge on any atom is 1.00 e. The molecule has 0 fully saturated rings. The average molecular weight is 516 g/mol. The average Bonchev–Trinajstić information content (AvgIpc) is 3.22. The van der Waals surface area contributed by atoms with Gasteiger partial charge in [-0.2, -0.15) is 0 Å². The van der Waals surface area contributed by atoms with Gasteiger partial charge in [0.15, 0.2) is 17.2 Å². The summed E-state index contributed by atoms with van der Waals surface area (Å²) in [4.78, 5) is 12.7. The number of nitrogens with one attached hydrogen (secondary N) is 1. The third kappa shape index (κ3) is 6.52. The van der Waals surface area contributed by atoms with Crippen LogP contribution in [-0.2, 0) is 17.8 Å². The van der Waals surface area contributed by atoms with Crippen molar-refractivity contribution in [2.24, 2.45) is 0 Å². The van der Waals surface area contributed by atoms with Gasteiger partial charge in [-0.1, -0.05) is 30.3 Å². The second kappa shape index (κ2) is 13.0. The molecule has 1 heterocycles. The Hall–Kier alpha value is -2.75. The third-order valence-corrected chi connectivity index (χ3v) is 6.71. The van der Waals surface area contributed by atoms with Crippen molar-refractivity contribution in [2.45, 2.75) is 19.0 Å². The first kappa shape index (κ1) is 27.8. The normalized spacial score (nSPS) is 11.4. The van der Waals surface area contributed by atoms with E-state index >= 15 is 0 Å². The quantitative estimate of drug-likeness (QED) is 0.300. The zero-order chi connectivity index (χ0) is 24.8. The third-order valence-electron chi connectivity index (χ3n) is 5.57. The van der Waals surface area contributed by atoms with Crippen molar-refractivity contribution >= 4 is 27.4 Å². The predicted molar refractivity (Wildman–Crippen MR) is 134 cm³/mol. The molecule has 0 spiro atoms. The number of thiophene rings is 1. The summed E-state index contributed by atoms with van der Waals surface area (Å²) in [5.41, 5.74) is 0.912. The summed E-state index contributed by atoms with van der Waals surface area (Å²) >= 11 is 1.50. The van der Waals surface area contributed by atoms with Crippen LogP contribution >= 0.6 is 11.3 Å². The number of aliphatic carboxylic acids is 1. The van der Waals surface area contributed by atoms with Crippen LogP contribution in [0.25, 0.3) is 10.1 Å². The number of carbonyl (C=O) groups is 1. The largest absolute Gasteiger partial charge is 1.00 e. The van der Waals surface area contributed by atoms with Gasteiger partial charge in [-0.05, 0) is 42.3 Å². The Balaban J connectivity index is 0.00000361. The van der Waals surface area contributed by atoms with E-state index in [-0.39, 0.29) is 36.1 Å². The number of benzene rings is 3. The molecule has 0 aliphatic heterocycles. The SMILES string of the molecule is COc1ccc(Oc2c(CNC(Cc3ccccc3)C(=O)[O-])sc3cc(OC)c(OC)cc23)cc1.[Na+]. The molecule has 1 atom stereocenters. The minimum atomic E-state index is -1.16. The van der Waals surface area contributed by atoms with Gasteiger partial charge in [0.2, 0.25) is 0 Å². The standard InChI is InChI=1S/C27H27NO6S.Na/c1-31-18-9-11-19(12-10-18)34-26-20-14-22(32-2)23(33-3)15-24(20)35-25(26)16-28-21(27(29)30)13-17-7-5-4-6-8-17;/h4-12,14-15,21,28H,13,16H2,1-3H3,(H,29,30);/q;+1/p-1. The molecule has 0 aliphatic carbocycles. The fraction of sp³-hybridized carbons (Fsp3) is 0.222. The fourth-order valence-electron chi connectivity index (χ4n) is 3.75. The number of carbonyl (C=O) groups excluding carboxylic acids is 1. The van der Waals surface area contributed by atoms with Crippen molar-refractivity contribution in [1.82, 2.24) is 5.32 Å². The minimum Gasteiger partial charge on any atom is -0.548 e. The van der Waals surface area contributed by atoms with Gasteiger partial charge in [-0.15, -0.1) is 11.3 Å². The smallest absolute Gasteiger partial charge is 0.548 e. The van der Waals surface area contributed by atoms with E-state index < -0.39 is 12.0 Å². The fourth-order valence-corrected chi connectivity index (χ4v) is 4.84. The van der Waals surface area contributed by atoms with Crippen LogP contribution in [0.5, 0.6) is 28.7 Å². The van der Waals surface area contributed by atoms with E-state index in [1.807, 2.05) is 66.7 Å². The molecule has 1 aromatic heterocycles.